The predicted octanol–water partition coefficient (Wildman–Crippen LogP) is -8.89. The summed E-state index contributed by atoms with van der Waals surface area (Å²) in [6, 6.07) is 0. The zero-order chi connectivity index (χ0) is 2.71. The van der Waals surface area contributed by atoms with Crippen LogP contribution in [0, 0.1) is 0 Å². The van der Waals surface area contributed by atoms with E-state index < -0.39 is 0 Å². The molecule has 0 aliphatic rings. The van der Waals surface area contributed by atoms with Crippen molar-refractivity contribution < 1.29 is 78.6 Å². The topological polar surface area (TPSA) is 9.23 Å². The van der Waals surface area contributed by atoms with E-state index in [-0.39, 0.29) is 50.9 Å². The molecule has 0 radical (unpaired) electrons. The third kappa shape index (κ3) is 33.8. The molecular formula is CH3Br3HfO. The molecule has 0 aliphatic carbocycles. The summed E-state index contributed by atoms with van der Waals surface area (Å²) >= 11 is 0.869. The van der Waals surface area contributed by atoms with E-state index in [4.69, 9.17) is 0 Å². The maximum Gasteiger partial charge on any atom is -1.00 e. The van der Waals surface area contributed by atoms with Gasteiger partial charge in [-0.1, -0.05) is 0 Å². The van der Waals surface area contributed by atoms with E-state index in [0.29, 0.717) is 0 Å². The quantitative estimate of drug-likeness (QED) is 0.334. The Balaban J connectivity index is -0.00000000667. The summed E-state index contributed by atoms with van der Waals surface area (Å²) in [5, 5.41) is 0. The summed E-state index contributed by atoms with van der Waals surface area (Å²) < 4.78 is 4.39. The van der Waals surface area contributed by atoms with E-state index >= 15 is 0 Å². The average Bonchev–Trinajstić information content (AvgIpc) is 0.918. The normalized spacial score (nSPS) is 3.17. The SMILES string of the molecule is C[O][Hf+3].[Br-].[Br-].[Br-]. The average molecular weight is 449 g/mol. The smallest absolute Gasteiger partial charge is 1.00 e. The molecular weight excluding hydrogens is 446 g/mol. The molecule has 0 N–H and O–H groups in total. The van der Waals surface area contributed by atoms with E-state index in [1.54, 1.807) is 7.11 Å². The largest absolute Gasteiger partial charge is 1.00 e. The van der Waals surface area contributed by atoms with Crippen LogP contribution in [0.5, 0.6) is 0 Å². The number of hydrogen-bond donors (Lipinski definition) is 0. The Morgan fingerprint density at radius 3 is 1.17 bits per heavy atom. The predicted molar refractivity (Wildman–Crippen MR) is 7.01 cm³/mol. The van der Waals surface area contributed by atoms with Crippen LogP contribution in [-0.2, 0) is 27.7 Å². The van der Waals surface area contributed by atoms with Crippen molar-refractivity contribution in [3.63, 3.8) is 0 Å². The van der Waals surface area contributed by atoms with Crippen molar-refractivity contribution in [1.29, 1.82) is 0 Å². The first-order valence-electron chi connectivity index (χ1n) is 0.612. The molecule has 0 amide bonds. The molecule has 0 rings (SSSR count). The Morgan fingerprint density at radius 2 is 1.17 bits per heavy atom. The number of halogens is 3. The van der Waals surface area contributed by atoms with Crippen molar-refractivity contribution in [2.75, 3.05) is 7.11 Å². The third-order valence-electron chi connectivity index (χ3n) is 0. The van der Waals surface area contributed by atoms with Crippen LogP contribution in [-0.4, -0.2) is 7.11 Å². The van der Waals surface area contributed by atoms with E-state index in [9.17, 15) is 0 Å². The first-order valence-corrected chi connectivity index (χ1v) is 2.08. The molecule has 0 aromatic rings. The van der Waals surface area contributed by atoms with Gasteiger partial charge in [0.05, 0.1) is 0 Å². The summed E-state index contributed by atoms with van der Waals surface area (Å²) in [5.41, 5.74) is 0. The fraction of sp³-hybridized carbons (Fsp3) is 1.00. The molecule has 0 saturated heterocycles. The van der Waals surface area contributed by atoms with Gasteiger partial charge < -0.3 is 50.9 Å². The van der Waals surface area contributed by atoms with Gasteiger partial charge in [0.25, 0.3) is 0 Å². The minimum absolute atomic E-state index is 0. The van der Waals surface area contributed by atoms with Gasteiger partial charge in [0, 0.05) is 0 Å². The van der Waals surface area contributed by atoms with Gasteiger partial charge in [0.1, 0.15) is 0 Å². The monoisotopic (exact) mass is 448 g/mol. The minimum Gasteiger partial charge on any atom is -1.00 e. The molecule has 6 heavy (non-hydrogen) atoms. The van der Waals surface area contributed by atoms with E-state index in [1.807, 2.05) is 0 Å². The Kier molecular flexibility index (Phi) is 107. The van der Waals surface area contributed by atoms with Crippen molar-refractivity contribution in [2.24, 2.45) is 0 Å². The van der Waals surface area contributed by atoms with E-state index in [2.05, 4.69) is 2.85 Å². The van der Waals surface area contributed by atoms with Gasteiger partial charge >= 0.3 is 34.8 Å². The molecule has 0 aromatic carbocycles. The van der Waals surface area contributed by atoms with Gasteiger partial charge in [0.2, 0.25) is 0 Å². The molecule has 38 valence electrons. The fourth-order valence-corrected chi connectivity index (χ4v) is 0. The summed E-state index contributed by atoms with van der Waals surface area (Å²) in [7, 11) is 1.69. The van der Waals surface area contributed by atoms with Crippen LogP contribution in [0.2, 0.25) is 0 Å². The van der Waals surface area contributed by atoms with E-state index in [0.717, 1.165) is 24.8 Å². The number of hydrogen-bond acceptors (Lipinski definition) is 1. The van der Waals surface area contributed by atoms with Crippen molar-refractivity contribution in [1.82, 2.24) is 0 Å². The molecule has 0 atom stereocenters. The van der Waals surface area contributed by atoms with Crippen LogP contribution in [0.15, 0.2) is 0 Å². The van der Waals surface area contributed by atoms with Crippen LogP contribution < -0.4 is 50.9 Å². The zero-order valence-corrected chi connectivity index (χ0v) is 11.4. The van der Waals surface area contributed by atoms with Gasteiger partial charge in [-0.2, -0.15) is 0 Å². The van der Waals surface area contributed by atoms with Gasteiger partial charge in [-0.25, -0.2) is 0 Å². The molecule has 0 aromatic heterocycles. The molecule has 1 nitrogen and oxygen atoms in total. The summed E-state index contributed by atoms with van der Waals surface area (Å²) in [6.07, 6.45) is 0. The van der Waals surface area contributed by atoms with Crippen molar-refractivity contribution >= 4 is 0 Å². The van der Waals surface area contributed by atoms with Crippen LogP contribution in [0.4, 0.5) is 0 Å². The van der Waals surface area contributed by atoms with Gasteiger partial charge in [-0.15, -0.1) is 0 Å². The van der Waals surface area contributed by atoms with Crippen LogP contribution in [0.3, 0.4) is 0 Å². The van der Waals surface area contributed by atoms with Crippen LogP contribution in [0.1, 0.15) is 0 Å². The summed E-state index contributed by atoms with van der Waals surface area (Å²) in [5.74, 6) is 0. The Hall–Kier alpha value is 2.27. The first-order chi connectivity index (χ1) is 1.41. The second kappa shape index (κ2) is 26.7. The van der Waals surface area contributed by atoms with Crippen molar-refractivity contribution in [3.05, 3.63) is 0 Å². The molecule has 0 spiro atoms. The molecule has 5 heteroatoms. The van der Waals surface area contributed by atoms with Gasteiger partial charge in [-0.3, -0.25) is 0 Å². The second-order valence-electron chi connectivity index (χ2n) is 0.204. The van der Waals surface area contributed by atoms with Gasteiger partial charge in [-0.05, 0) is 0 Å². The van der Waals surface area contributed by atoms with Crippen LogP contribution >= 0.6 is 0 Å². The number of rotatable bonds is 0. The van der Waals surface area contributed by atoms with Gasteiger partial charge in [0.15, 0.2) is 0 Å². The molecule has 0 fully saturated rings. The maximum absolute atomic E-state index is 4.39. The van der Waals surface area contributed by atoms with Crippen molar-refractivity contribution in [3.8, 4) is 0 Å². The Morgan fingerprint density at radius 1 is 1.17 bits per heavy atom. The molecule has 0 saturated carbocycles. The maximum atomic E-state index is 4.39. The van der Waals surface area contributed by atoms with E-state index in [1.165, 1.54) is 0 Å². The molecule has 0 aliphatic heterocycles. The van der Waals surface area contributed by atoms with Crippen LogP contribution in [0.25, 0.3) is 0 Å². The fourth-order valence-electron chi connectivity index (χ4n) is 0. The summed E-state index contributed by atoms with van der Waals surface area (Å²) in [6.45, 7) is 0. The Labute approximate surface area is 84.7 Å². The molecule has 0 heterocycles. The standard InChI is InChI=1S/CH3O.3BrH.Hf/c1-2;;;;/h1H3;3*1H;/q-1;;;;+4/p-3. The summed E-state index contributed by atoms with van der Waals surface area (Å²) in [4.78, 5) is 0. The minimum atomic E-state index is 0. The molecule has 0 unspecified atom stereocenters. The van der Waals surface area contributed by atoms with Crippen molar-refractivity contribution in [2.45, 2.75) is 0 Å². The third-order valence-corrected chi connectivity index (χ3v) is 0. The first kappa shape index (κ1) is 24.0. The Bertz CT molecular complexity index is 10.8. The zero-order valence-electron chi connectivity index (χ0n) is 3.04. The second-order valence-corrected chi connectivity index (χ2v) is 1.67. The molecule has 0 bridgehead atoms.